The van der Waals surface area contributed by atoms with Gasteiger partial charge in [-0.05, 0) is 87.8 Å². The fourth-order valence-electron chi connectivity index (χ4n) is 7.78. The molecule has 0 aliphatic heterocycles. The summed E-state index contributed by atoms with van der Waals surface area (Å²) < 4.78 is 201. The minimum atomic E-state index is -0.772. The van der Waals surface area contributed by atoms with E-state index in [1.807, 2.05) is 36.4 Å². The van der Waals surface area contributed by atoms with Crippen molar-refractivity contribution in [1.29, 1.82) is 0 Å². The maximum absolute atomic E-state index is 10.2. The van der Waals surface area contributed by atoms with E-state index in [0.29, 0.717) is 11.3 Å². The normalized spacial score (nSPS) is 17.0. The highest BCUT2D eigenvalue weighted by Gasteiger charge is 2.21. The summed E-state index contributed by atoms with van der Waals surface area (Å²) in [5.74, 6) is 0. The standard InChI is InChI=1S/C54H34N2O/c1-3-15-35(16-4-1)37-19-11-20-39(33-37)55-47-27-10-8-22-43(47)52-41(23-12-28-49(52)55)38-31-32-48-45(34-38)42-21-7-9-26-46(42)56(48)50-29-13-25-44-53-40(36-17-5-2-6-18-36)24-14-30-51(53)57-54(44)50/h1-34H/i2D,5D,7D,8D,9D,10D,12D,13D,14D,17D,18D,21D,23D,24D,26D,27D,28D,30D,31D,32D,34D. The first-order valence-electron chi connectivity index (χ1n) is 28.3. The fraction of sp³-hybridized carbons (Fsp3) is 0. The van der Waals surface area contributed by atoms with E-state index in [9.17, 15) is 12.3 Å². The van der Waals surface area contributed by atoms with E-state index in [0.717, 1.165) is 16.2 Å². The lowest BCUT2D eigenvalue weighted by Gasteiger charge is -2.11. The van der Waals surface area contributed by atoms with Gasteiger partial charge < -0.3 is 13.6 Å². The van der Waals surface area contributed by atoms with E-state index in [2.05, 4.69) is 0 Å². The van der Waals surface area contributed by atoms with E-state index >= 15 is 0 Å². The first-order valence-corrected chi connectivity index (χ1v) is 17.8. The van der Waals surface area contributed by atoms with Crippen molar-refractivity contribution in [2.75, 3.05) is 0 Å². The van der Waals surface area contributed by atoms with Crippen molar-refractivity contribution in [2.45, 2.75) is 0 Å². The van der Waals surface area contributed by atoms with Gasteiger partial charge in [-0.25, -0.2) is 0 Å². The Morgan fingerprint density at radius 2 is 1.16 bits per heavy atom. The van der Waals surface area contributed by atoms with Gasteiger partial charge in [0.15, 0.2) is 5.58 Å². The highest BCUT2D eigenvalue weighted by atomic mass is 16.3. The first kappa shape index (κ1) is 17.5. The monoisotopic (exact) mass is 747 g/mol. The molecular formula is C54H34N2O. The van der Waals surface area contributed by atoms with Crippen molar-refractivity contribution in [1.82, 2.24) is 9.13 Å². The Hall–Kier alpha value is -7.62. The smallest absolute Gasteiger partial charge is 0.159 e. The molecule has 12 rings (SSSR count). The van der Waals surface area contributed by atoms with Crippen LogP contribution in [0.2, 0.25) is 0 Å². The van der Waals surface area contributed by atoms with Crippen LogP contribution >= 0.6 is 0 Å². The highest BCUT2D eigenvalue weighted by Crippen LogP contribution is 2.44. The molecule has 0 aliphatic rings. The van der Waals surface area contributed by atoms with Crippen molar-refractivity contribution < 1.29 is 33.2 Å². The topological polar surface area (TPSA) is 23.0 Å². The molecule has 0 spiro atoms. The van der Waals surface area contributed by atoms with Gasteiger partial charge in [-0.3, -0.25) is 0 Å². The second-order valence-electron chi connectivity index (χ2n) is 13.3. The second-order valence-corrected chi connectivity index (χ2v) is 13.3. The lowest BCUT2D eigenvalue weighted by molar-refractivity contribution is 0.666. The Morgan fingerprint density at radius 3 is 2.09 bits per heavy atom. The molecule has 0 bridgehead atoms. The molecule has 3 heteroatoms. The summed E-state index contributed by atoms with van der Waals surface area (Å²) in [5, 5.41) is -0.970. The summed E-state index contributed by atoms with van der Waals surface area (Å²) in [6.45, 7) is 0. The van der Waals surface area contributed by atoms with Gasteiger partial charge in [0.2, 0.25) is 0 Å². The van der Waals surface area contributed by atoms with Crippen LogP contribution in [-0.4, -0.2) is 9.13 Å². The number of nitrogens with zero attached hydrogens (tertiary/aromatic N) is 2. The van der Waals surface area contributed by atoms with Crippen molar-refractivity contribution >= 4 is 65.6 Å². The third kappa shape index (κ3) is 4.79. The molecule has 0 unspecified atom stereocenters. The summed E-state index contributed by atoms with van der Waals surface area (Å²) in [6, 6.07) is 8.21. The molecule has 0 radical (unpaired) electrons. The van der Waals surface area contributed by atoms with Crippen LogP contribution in [0.1, 0.15) is 28.8 Å². The average molecular weight is 748 g/mol. The molecule has 3 heterocycles. The molecule has 57 heavy (non-hydrogen) atoms. The lowest BCUT2D eigenvalue weighted by atomic mass is 9.98. The van der Waals surface area contributed by atoms with Crippen LogP contribution in [0.4, 0.5) is 0 Å². The Kier molecular flexibility index (Phi) is 3.81. The second kappa shape index (κ2) is 12.5. The lowest BCUT2D eigenvalue weighted by Crippen LogP contribution is -1.94. The molecule has 0 amide bonds. The van der Waals surface area contributed by atoms with Gasteiger partial charge >= 0.3 is 0 Å². The number of furan rings is 1. The molecule has 0 aliphatic carbocycles. The summed E-state index contributed by atoms with van der Waals surface area (Å²) in [7, 11) is 0. The van der Waals surface area contributed by atoms with Crippen molar-refractivity contribution in [3.05, 3.63) is 206 Å². The highest BCUT2D eigenvalue weighted by molar-refractivity contribution is 6.19. The first-order chi connectivity index (χ1) is 37.0. The Bertz CT molecular complexity index is 4750. The quantitative estimate of drug-likeness (QED) is 0.172. The van der Waals surface area contributed by atoms with Gasteiger partial charge in [-0.1, -0.05) is 151 Å². The zero-order valence-corrected chi connectivity index (χ0v) is 29.3. The Balaban J connectivity index is 1.25. The van der Waals surface area contributed by atoms with Crippen LogP contribution in [0.25, 0.3) is 110 Å². The number of fused-ring (bicyclic) bond motifs is 9. The van der Waals surface area contributed by atoms with E-state index < -0.39 is 132 Å². The molecule has 3 nitrogen and oxygen atoms in total. The minimum absolute atomic E-state index is 0.00227. The van der Waals surface area contributed by atoms with Crippen molar-refractivity contribution in [2.24, 2.45) is 0 Å². The number of benzene rings is 9. The van der Waals surface area contributed by atoms with Crippen molar-refractivity contribution in [3.8, 4) is 44.8 Å². The van der Waals surface area contributed by atoms with Crippen molar-refractivity contribution in [3.63, 3.8) is 0 Å². The third-order valence-corrected chi connectivity index (χ3v) is 10.2. The Labute approximate surface area is 358 Å². The van der Waals surface area contributed by atoms with E-state index in [1.54, 1.807) is 18.2 Å². The summed E-state index contributed by atoms with van der Waals surface area (Å²) in [5.41, 5.74) is -1.35. The van der Waals surface area contributed by atoms with Gasteiger partial charge in [0.1, 0.15) is 5.58 Å². The van der Waals surface area contributed by atoms with Gasteiger partial charge in [0.25, 0.3) is 0 Å². The summed E-state index contributed by atoms with van der Waals surface area (Å²) in [4.78, 5) is 0. The molecule has 9 aromatic carbocycles. The minimum Gasteiger partial charge on any atom is -0.454 e. The Morgan fingerprint density at radius 1 is 0.404 bits per heavy atom. The molecule has 0 N–H and O–H groups in total. The van der Waals surface area contributed by atoms with E-state index in [1.165, 1.54) is 22.8 Å². The van der Waals surface area contributed by atoms with Crippen LogP contribution in [-0.2, 0) is 0 Å². The van der Waals surface area contributed by atoms with Gasteiger partial charge in [-0.2, -0.15) is 0 Å². The molecule has 0 saturated heterocycles. The van der Waals surface area contributed by atoms with Gasteiger partial charge in [0, 0.05) is 38.0 Å². The van der Waals surface area contributed by atoms with Gasteiger partial charge in [0.05, 0.1) is 56.5 Å². The molecule has 0 atom stereocenters. The number of aromatic nitrogens is 2. The number of hydrogen-bond donors (Lipinski definition) is 0. The average Bonchev–Trinajstić information content (AvgIpc) is 4.08. The van der Waals surface area contributed by atoms with E-state index in [-0.39, 0.29) is 88.5 Å². The predicted octanol–water partition coefficient (Wildman–Crippen LogP) is 14.8. The van der Waals surface area contributed by atoms with Crippen LogP contribution in [0, 0.1) is 0 Å². The van der Waals surface area contributed by atoms with Crippen LogP contribution in [0.15, 0.2) is 210 Å². The van der Waals surface area contributed by atoms with Crippen LogP contribution in [0.5, 0.6) is 0 Å². The maximum atomic E-state index is 10.2. The maximum Gasteiger partial charge on any atom is 0.159 e. The largest absolute Gasteiger partial charge is 0.454 e. The molecular weight excluding hydrogens is 693 g/mol. The third-order valence-electron chi connectivity index (χ3n) is 10.2. The number of para-hydroxylation sites is 3. The molecule has 0 fully saturated rings. The number of hydrogen-bond acceptors (Lipinski definition) is 1. The molecule has 0 saturated carbocycles. The SMILES string of the molecule is [2H]c1cc(-n2c3c([2H])c([2H])c([2H])c([2H])c3c3c([2H])c(-c4c([2H])c([2H])c([2H])c5c4c4cc([2H])c([2H])c([2H])c4n5-c4cccc(-c5ccccc5)c4)c([2H])c([2H])c32)c2oc3c([2H])c([2H])c([2H])c(-c4c([2H])cc([2H])c([2H])c4[2H])c3c2c1. The summed E-state index contributed by atoms with van der Waals surface area (Å²) in [6.07, 6.45) is 0. The predicted molar refractivity (Wildman–Crippen MR) is 239 cm³/mol. The summed E-state index contributed by atoms with van der Waals surface area (Å²) >= 11 is 0. The van der Waals surface area contributed by atoms with Crippen LogP contribution in [0.3, 0.4) is 0 Å². The zero-order chi connectivity index (χ0) is 55.7. The van der Waals surface area contributed by atoms with E-state index in [4.69, 9.17) is 20.9 Å². The fourth-order valence-corrected chi connectivity index (χ4v) is 7.78. The number of rotatable bonds is 5. The molecule has 3 aromatic heterocycles. The molecule has 12 aromatic rings. The molecule has 266 valence electrons. The van der Waals surface area contributed by atoms with Crippen LogP contribution < -0.4 is 0 Å². The van der Waals surface area contributed by atoms with Gasteiger partial charge in [-0.15, -0.1) is 0 Å². The zero-order valence-electron chi connectivity index (χ0n) is 50.3.